The molecule has 1 fully saturated rings. The molecule has 0 aromatic rings. The Labute approximate surface area is 115 Å². The van der Waals surface area contributed by atoms with Gasteiger partial charge in [-0.1, -0.05) is 13.8 Å². The van der Waals surface area contributed by atoms with E-state index in [9.17, 15) is 4.79 Å². The zero-order chi connectivity index (χ0) is 13.7. The van der Waals surface area contributed by atoms with E-state index in [1.807, 2.05) is 16.7 Å². The Hall–Kier alpha value is -0.420. The summed E-state index contributed by atoms with van der Waals surface area (Å²) in [6.07, 6.45) is 0. The van der Waals surface area contributed by atoms with Crippen molar-refractivity contribution in [1.82, 2.24) is 15.1 Å². The SMILES string of the molecule is CC(C)N(C)CCNC(=O)N1C[C@@H](C)S[C@H](C)C1. The molecule has 5 heteroatoms. The zero-order valence-electron chi connectivity index (χ0n) is 12.3. The van der Waals surface area contributed by atoms with Crippen LogP contribution >= 0.6 is 11.8 Å². The highest BCUT2D eigenvalue weighted by Gasteiger charge is 2.25. The highest BCUT2D eigenvalue weighted by atomic mass is 32.2. The van der Waals surface area contributed by atoms with E-state index in [2.05, 4.69) is 45.0 Å². The summed E-state index contributed by atoms with van der Waals surface area (Å²) in [6, 6.07) is 0.611. The molecule has 1 N–H and O–H groups in total. The summed E-state index contributed by atoms with van der Waals surface area (Å²) in [5.74, 6) is 0. The Morgan fingerprint density at radius 1 is 1.39 bits per heavy atom. The maximum Gasteiger partial charge on any atom is 0.317 e. The molecular weight excluding hydrogens is 246 g/mol. The molecule has 2 amide bonds. The number of thioether (sulfide) groups is 1. The van der Waals surface area contributed by atoms with Crippen LogP contribution in [0.5, 0.6) is 0 Å². The van der Waals surface area contributed by atoms with Gasteiger partial charge in [0.05, 0.1) is 0 Å². The second kappa shape index (κ2) is 7.24. The third kappa shape index (κ3) is 5.06. The van der Waals surface area contributed by atoms with Gasteiger partial charge in [-0.05, 0) is 20.9 Å². The summed E-state index contributed by atoms with van der Waals surface area (Å²) in [5, 5.41) is 4.09. The lowest BCUT2D eigenvalue weighted by Crippen LogP contribution is -2.49. The molecule has 18 heavy (non-hydrogen) atoms. The molecular formula is C13H27N3OS. The first-order valence-corrected chi connectivity index (χ1v) is 7.73. The first-order valence-electron chi connectivity index (χ1n) is 6.78. The Balaban J connectivity index is 2.28. The third-order valence-electron chi connectivity index (χ3n) is 3.33. The van der Waals surface area contributed by atoms with Crippen LogP contribution in [0.2, 0.25) is 0 Å². The number of likely N-dealkylation sites (N-methyl/N-ethyl adjacent to an activating group) is 1. The Bertz CT molecular complexity index is 263. The van der Waals surface area contributed by atoms with Crippen LogP contribution in [0.15, 0.2) is 0 Å². The second-order valence-corrected chi connectivity index (χ2v) is 7.35. The van der Waals surface area contributed by atoms with Gasteiger partial charge in [0.15, 0.2) is 0 Å². The van der Waals surface area contributed by atoms with Crippen molar-refractivity contribution < 1.29 is 4.79 Å². The number of nitrogens with zero attached hydrogens (tertiary/aromatic N) is 2. The Morgan fingerprint density at radius 2 is 1.94 bits per heavy atom. The molecule has 0 saturated carbocycles. The molecule has 0 aliphatic carbocycles. The average Bonchev–Trinajstić information content (AvgIpc) is 2.27. The van der Waals surface area contributed by atoms with Crippen molar-refractivity contribution in [3.8, 4) is 0 Å². The Kier molecular flexibility index (Phi) is 6.29. The fourth-order valence-corrected chi connectivity index (χ4v) is 3.38. The number of rotatable bonds is 4. The number of carbonyl (C=O) groups is 1. The van der Waals surface area contributed by atoms with E-state index in [-0.39, 0.29) is 6.03 Å². The van der Waals surface area contributed by atoms with Crippen molar-refractivity contribution in [3.63, 3.8) is 0 Å². The minimum absolute atomic E-state index is 0.0890. The van der Waals surface area contributed by atoms with E-state index in [1.165, 1.54) is 0 Å². The van der Waals surface area contributed by atoms with Crippen LogP contribution in [0, 0.1) is 0 Å². The van der Waals surface area contributed by atoms with E-state index in [4.69, 9.17) is 0 Å². The van der Waals surface area contributed by atoms with Crippen LogP contribution < -0.4 is 5.32 Å². The predicted molar refractivity (Wildman–Crippen MR) is 79.3 cm³/mol. The molecule has 0 aromatic carbocycles. The zero-order valence-corrected chi connectivity index (χ0v) is 13.1. The number of amides is 2. The summed E-state index contributed by atoms with van der Waals surface area (Å²) < 4.78 is 0. The molecule has 1 aliphatic heterocycles. The smallest absolute Gasteiger partial charge is 0.317 e. The Morgan fingerprint density at radius 3 is 2.44 bits per heavy atom. The van der Waals surface area contributed by atoms with E-state index < -0.39 is 0 Å². The molecule has 0 spiro atoms. The summed E-state index contributed by atoms with van der Waals surface area (Å²) in [5.41, 5.74) is 0. The first-order chi connectivity index (χ1) is 8.40. The van der Waals surface area contributed by atoms with E-state index >= 15 is 0 Å². The van der Waals surface area contributed by atoms with Gasteiger partial charge in [0.2, 0.25) is 0 Å². The summed E-state index contributed by atoms with van der Waals surface area (Å²) in [6.45, 7) is 12.0. The summed E-state index contributed by atoms with van der Waals surface area (Å²) in [4.78, 5) is 16.2. The second-order valence-electron chi connectivity index (χ2n) is 5.47. The van der Waals surface area contributed by atoms with Crippen LogP contribution in [0.3, 0.4) is 0 Å². The van der Waals surface area contributed by atoms with Crippen molar-refractivity contribution in [2.45, 2.75) is 44.2 Å². The maximum atomic E-state index is 12.0. The van der Waals surface area contributed by atoms with Gasteiger partial charge < -0.3 is 15.1 Å². The molecule has 106 valence electrons. The minimum atomic E-state index is 0.0890. The van der Waals surface area contributed by atoms with Gasteiger partial charge in [-0.3, -0.25) is 0 Å². The fraction of sp³-hybridized carbons (Fsp3) is 0.923. The van der Waals surface area contributed by atoms with Gasteiger partial charge >= 0.3 is 6.03 Å². The fourth-order valence-electron chi connectivity index (χ4n) is 2.05. The lowest BCUT2D eigenvalue weighted by atomic mass is 10.3. The molecule has 0 aromatic heterocycles. The van der Waals surface area contributed by atoms with Crippen LogP contribution in [-0.2, 0) is 0 Å². The number of carbonyl (C=O) groups excluding carboxylic acids is 1. The van der Waals surface area contributed by atoms with E-state index in [0.29, 0.717) is 16.5 Å². The number of hydrogen-bond acceptors (Lipinski definition) is 3. The lowest BCUT2D eigenvalue weighted by Gasteiger charge is -2.34. The highest BCUT2D eigenvalue weighted by molar-refractivity contribution is 8.00. The number of urea groups is 1. The van der Waals surface area contributed by atoms with Gasteiger partial charge in [0, 0.05) is 42.7 Å². The summed E-state index contributed by atoms with van der Waals surface area (Å²) >= 11 is 1.97. The van der Waals surface area contributed by atoms with E-state index in [0.717, 1.165) is 26.2 Å². The van der Waals surface area contributed by atoms with Crippen molar-refractivity contribution >= 4 is 17.8 Å². The third-order valence-corrected chi connectivity index (χ3v) is 4.56. The molecule has 1 aliphatic rings. The standard InChI is InChI=1S/C13H27N3OS/c1-10(2)15(5)7-6-14-13(17)16-8-11(3)18-12(4)9-16/h10-12H,6-9H2,1-5H3,(H,14,17)/t11-,12-/m1/s1. The molecule has 1 saturated heterocycles. The van der Waals surface area contributed by atoms with Gasteiger partial charge in [-0.15, -0.1) is 0 Å². The van der Waals surface area contributed by atoms with Gasteiger partial charge in [-0.25, -0.2) is 4.79 Å². The van der Waals surface area contributed by atoms with Crippen LogP contribution in [-0.4, -0.2) is 65.6 Å². The van der Waals surface area contributed by atoms with Crippen LogP contribution in [0.4, 0.5) is 4.79 Å². The van der Waals surface area contributed by atoms with Gasteiger partial charge in [0.25, 0.3) is 0 Å². The van der Waals surface area contributed by atoms with E-state index in [1.54, 1.807) is 0 Å². The molecule has 1 heterocycles. The average molecular weight is 273 g/mol. The predicted octanol–water partition coefficient (Wildman–Crippen LogP) is 1.86. The number of nitrogens with one attached hydrogen (secondary N) is 1. The monoisotopic (exact) mass is 273 g/mol. The molecule has 1 rings (SSSR count). The molecule has 0 radical (unpaired) electrons. The highest BCUT2D eigenvalue weighted by Crippen LogP contribution is 2.24. The number of hydrogen-bond donors (Lipinski definition) is 1. The molecule has 0 bridgehead atoms. The van der Waals surface area contributed by atoms with Crippen molar-refractivity contribution in [2.75, 3.05) is 33.2 Å². The first kappa shape index (κ1) is 15.6. The molecule has 0 unspecified atom stereocenters. The topological polar surface area (TPSA) is 35.6 Å². The largest absolute Gasteiger partial charge is 0.337 e. The van der Waals surface area contributed by atoms with Gasteiger partial charge in [-0.2, -0.15) is 11.8 Å². The minimum Gasteiger partial charge on any atom is -0.337 e. The quantitative estimate of drug-likeness (QED) is 0.849. The van der Waals surface area contributed by atoms with Crippen molar-refractivity contribution in [2.24, 2.45) is 0 Å². The van der Waals surface area contributed by atoms with Crippen molar-refractivity contribution in [1.29, 1.82) is 0 Å². The van der Waals surface area contributed by atoms with Gasteiger partial charge in [0.1, 0.15) is 0 Å². The van der Waals surface area contributed by atoms with Crippen LogP contribution in [0.1, 0.15) is 27.7 Å². The summed E-state index contributed by atoms with van der Waals surface area (Å²) in [7, 11) is 2.08. The molecule has 2 atom stereocenters. The molecule has 4 nitrogen and oxygen atoms in total. The van der Waals surface area contributed by atoms with Crippen LogP contribution in [0.25, 0.3) is 0 Å². The normalized spacial score (nSPS) is 24.7. The lowest BCUT2D eigenvalue weighted by molar-refractivity contribution is 0.193. The van der Waals surface area contributed by atoms with Crippen molar-refractivity contribution in [3.05, 3.63) is 0 Å². The maximum absolute atomic E-state index is 12.0.